The highest BCUT2D eigenvalue weighted by atomic mass is 35.5. The van der Waals surface area contributed by atoms with Crippen molar-refractivity contribution in [1.29, 1.82) is 0 Å². The molecular formula is C27H29Cl2NO4S. The van der Waals surface area contributed by atoms with E-state index in [0.29, 0.717) is 39.9 Å². The maximum Gasteiger partial charge on any atom is 0.265 e. The lowest BCUT2D eigenvalue weighted by Crippen LogP contribution is -2.32. The summed E-state index contributed by atoms with van der Waals surface area (Å²) in [6.45, 7) is 8.27. The van der Waals surface area contributed by atoms with Gasteiger partial charge in [-0.3, -0.25) is 4.79 Å². The van der Waals surface area contributed by atoms with Crippen LogP contribution in [0.4, 0.5) is 0 Å². The van der Waals surface area contributed by atoms with Crippen LogP contribution in [0.1, 0.15) is 48.7 Å². The van der Waals surface area contributed by atoms with Crippen LogP contribution in [-0.2, 0) is 16.4 Å². The van der Waals surface area contributed by atoms with Crippen molar-refractivity contribution in [2.75, 3.05) is 6.61 Å². The maximum atomic E-state index is 13.2. The van der Waals surface area contributed by atoms with Gasteiger partial charge in [0.05, 0.1) is 11.5 Å². The highest BCUT2D eigenvalue weighted by molar-refractivity contribution is 7.90. The number of amides is 1. The molecule has 1 N–H and O–H groups in total. The fraction of sp³-hybridized carbons (Fsp3) is 0.296. The van der Waals surface area contributed by atoms with Gasteiger partial charge in [-0.05, 0) is 78.8 Å². The molecule has 0 unspecified atom stereocenters. The van der Waals surface area contributed by atoms with Gasteiger partial charge in [0.1, 0.15) is 5.75 Å². The predicted molar refractivity (Wildman–Crippen MR) is 142 cm³/mol. The first-order chi connectivity index (χ1) is 16.5. The van der Waals surface area contributed by atoms with E-state index in [1.165, 1.54) is 12.1 Å². The third-order valence-corrected chi connectivity index (χ3v) is 7.55. The fourth-order valence-corrected chi connectivity index (χ4v) is 5.41. The third kappa shape index (κ3) is 6.57. The number of benzene rings is 3. The van der Waals surface area contributed by atoms with Crippen molar-refractivity contribution in [3.8, 4) is 16.9 Å². The lowest BCUT2D eigenvalue weighted by atomic mass is 9.93. The number of sulfonamides is 1. The van der Waals surface area contributed by atoms with Crippen molar-refractivity contribution in [2.45, 2.75) is 45.4 Å². The standard InChI is InChI=1S/C27H29Cl2NO4S/c1-5-13-34-25-12-10-21(28)16-23(25)19-9-11-22(20(15-19)14-17(2)3)27(31)30-35(32,33)26-8-6-7-24(29)18(26)4/h6-12,15-17H,5,13-14H2,1-4H3,(H,30,31). The van der Waals surface area contributed by atoms with Crippen molar-refractivity contribution >= 4 is 39.1 Å². The summed E-state index contributed by atoms with van der Waals surface area (Å²) in [5, 5.41) is 0.881. The smallest absolute Gasteiger partial charge is 0.265 e. The van der Waals surface area contributed by atoms with Gasteiger partial charge in [-0.25, -0.2) is 13.1 Å². The number of ether oxygens (including phenoxy) is 1. The van der Waals surface area contributed by atoms with Crippen LogP contribution < -0.4 is 9.46 Å². The van der Waals surface area contributed by atoms with E-state index < -0.39 is 15.9 Å². The van der Waals surface area contributed by atoms with E-state index in [2.05, 4.69) is 4.72 Å². The van der Waals surface area contributed by atoms with Crippen LogP contribution in [0, 0.1) is 12.8 Å². The molecule has 0 aliphatic carbocycles. The Bertz CT molecular complexity index is 1340. The highest BCUT2D eigenvalue weighted by Crippen LogP contribution is 2.34. The van der Waals surface area contributed by atoms with Crippen LogP contribution in [0.3, 0.4) is 0 Å². The van der Waals surface area contributed by atoms with Crippen molar-refractivity contribution in [3.05, 3.63) is 81.3 Å². The molecule has 0 fully saturated rings. The Hall–Kier alpha value is -2.54. The molecule has 0 atom stereocenters. The number of hydrogen-bond donors (Lipinski definition) is 1. The minimum atomic E-state index is -4.11. The van der Waals surface area contributed by atoms with Crippen LogP contribution in [-0.4, -0.2) is 20.9 Å². The fourth-order valence-electron chi connectivity index (χ4n) is 3.77. The minimum Gasteiger partial charge on any atom is -0.493 e. The summed E-state index contributed by atoms with van der Waals surface area (Å²) < 4.78 is 34.1. The van der Waals surface area contributed by atoms with Crippen molar-refractivity contribution in [3.63, 3.8) is 0 Å². The topological polar surface area (TPSA) is 72.5 Å². The Labute approximate surface area is 217 Å². The zero-order valence-corrected chi connectivity index (χ0v) is 22.5. The van der Waals surface area contributed by atoms with E-state index in [-0.39, 0.29) is 10.8 Å². The monoisotopic (exact) mass is 533 g/mol. The Kier molecular flexibility index (Phi) is 8.86. The Morgan fingerprint density at radius 1 is 1.06 bits per heavy atom. The second kappa shape index (κ2) is 11.5. The number of carbonyl (C=O) groups is 1. The van der Waals surface area contributed by atoms with Gasteiger partial charge < -0.3 is 4.74 Å². The van der Waals surface area contributed by atoms with Crippen LogP contribution in [0.2, 0.25) is 10.0 Å². The summed E-state index contributed by atoms with van der Waals surface area (Å²) in [6, 6.07) is 15.3. The van der Waals surface area contributed by atoms with Gasteiger partial charge in [0.2, 0.25) is 0 Å². The molecule has 3 aromatic carbocycles. The molecule has 0 radical (unpaired) electrons. The zero-order chi connectivity index (χ0) is 25.8. The molecule has 3 rings (SSSR count). The lowest BCUT2D eigenvalue weighted by molar-refractivity contribution is 0.0980. The molecule has 8 heteroatoms. The molecule has 3 aromatic rings. The summed E-state index contributed by atoms with van der Waals surface area (Å²) in [5.74, 6) is 0.238. The number of rotatable bonds is 9. The molecule has 35 heavy (non-hydrogen) atoms. The van der Waals surface area contributed by atoms with Crippen molar-refractivity contribution in [2.24, 2.45) is 5.92 Å². The third-order valence-electron chi connectivity index (χ3n) is 5.43. The van der Waals surface area contributed by atoms with Crippen LogP contribution in [0.5, 0.6) is 5.75 Å². The number of halogens is 2. The molecule has 0 aromatic heterocycles. The van der Waals surface area contributed by atoms with Crippen LogP contribution in [0.15, 0.2) is 59.5 Å². The molecule has 0 aliphatic heterocycles. The summed E-state index contributed by atoms with van der Waals surface area (Å²) in [6.07, 6.45) is 1.44. The minimum absolute atomic E-state index is 0.0305. The average molecular weight is 535 g/mol. The van der Waals surface area contributed by atoms with E-state index in [4.69, 9.17) is 27.9 Å². The number of hydrogen-bond acceptors (Lipinski definition) is 4. The van der Waals surface area contributed by atoms with Gasteiger partial charge in [-0.2, -0.15) is 0 Å². The molecule has 0 bridgehead atoms. The SMILES string of the molecule is CCCOc1ccc(Cl)cc1-c1ccc(C(=O)NS(=O)(=O)c2cccc(Cl)c2C)c(CC(C)C)c1. The van der Waals surface area contributed by atoms with Gasteiger partial charge in [-0.15, -0.1) is 0 Å². The van der Waals surface area contributed by atoms with E-state index in [1.54, 1.807) is 31.2 Å². The summed E-state index contributed by atoms with van der Waals surface area (Å²) in [7, 11) is -4.11. The van der Waals surface area contributed by atoms with Crippen molar-refractivity contribution < 1.29 is 17.9 Å². The van der Waals surface area contributed by atoms with Crippen LogP contribution in [0.25, 0.3) is 11.1 Å². The largest absolute Gasteiger partial charge is 0.493 e. The molecule has 0 saturated heterocycles. The molecule has 0 heterocycles. The summed E-state index contributed by atoms with van der Waals surface area (Å²) >= 11 is 12.4. The second-order valence-corrected chi connectivity index (χ2v) is 11.3. The predicted octanol–water partition coefficient (Wildman–Crippen LogP) is 7.07. The second-order valence-electron chi connectivity index (χ2n) is 8.76. The first-order valence-electron chi connectivity index (χ1n) is 11.4. The summed E-state index contributed by atoms with van der Waals surface area (Å²) in [4.78, 5) is 13.1. The highest BCUT2D eigenvalue weighted by Gasteiger charge is 2.24. The van der Waals surface area contributed by atoms with E-state index in [1.807, 2.05) is 39.0 Å². The molecule has 0 spiro atoms. The molecular weight excluding hydrogens is 505 g/mol. The van der Waals surface area contributed by atoms with Gasteiger partial charge in [0.25, 0.3) is 15.9 Å². The number of carbonyl (C=O) groups excluding carboxylic acids is 1. The quantitative estimate of drug-likeness (QED) is 0.319. The number of nitrogens with one attached hydrogen (secondary N) is 1. The lowest BCUT2D eigenvalue weighted by Gasteiger charge is -2.17. The maximum absolute atomic E-state index is 13.2. The Morgan fingerprint density at radius 3 is 2.49 bits per heavy atom. The van der Waals surface area contributed by atoms with Gasteiger partial charge in [0, 0.05) is 21.2 Å². The van der Waals surface area contributed by atoms with E-state index in [0.717, 1.165) is 23.1 Å². The van der Waals surface area contributed by atoms with Crippen molar-refractivity contribution in [1.82, 2.24) is 4.72 Å². The van der Waals surface area contributed by atoms with E-state index >= 15 is 0 Å². The Morgan fingerprint density at radius 2 is 1.80 bits per heavy atom. The Balaban J connectivity index is 2.02. The first-order valence-corrected chi connectivity index (χ1v) is 13.6. The molecule has 186 valence electrons. The molecule has 0 aliphatic rings. The van der Waals surface area contributed by atoms with Gasteiger partial charge in [-0.1, -0.05) is 62.2 Å². The summed E-state index contributed by atoms with van der Waals surface area (Å²) in [5.41, 5.74) is 3.05. The van der Waals surface area contributed by atoms with Gasteiger partial charge in [0.15, 0.2) is 0 Å². The zero-order valence-electron chi connectivity index (χ0n) is 20.2. The normalized spacial score (nSPS) is 11.5. The average Bonchev–Trinajstić information content (AvgIpc) is 2.79. The molecule has 1 amide bonds. The molecule has 0 saturated carbocycles. The molecule has 5 nitrogen and oxygen atoms in total. The first kappa shape index (κ1) is 27.1. The van der Waals surface area contributed by atoms with Gasteiger partial charge >= 0.3 is 0 Å². The van der Waals surface area contributed by atoms with E-state index in [9.17, 15) is 13.2 Å². The van der Waals surface area contributed by atoms with Crippen LogP contribution >= 0.6 is 23.2 Å².